The van der Waals surface area contributed by atoms with E-state index < -0.39 is 0 Å². The predicted octanol–water partition coefficient (Wildman–Crippen LogP) is 2.43. The molecule has 0 amide bonds. The van der Waals surface area contributed by atoms with Gasteiger partial charge in [0.1, 0.15) is 5.82 Å². The fraction of sp³-hybridized carbons (Fsp3) is 0.611. The third kappa shape index (κ3) is 4.93. The first-order valence-electron chi connectivity index (χ1n) is 8.30. The zero-order chi connectivity index (χ0) is 16.9. The molecule has 0 bridgehead atoms. The van der Waals surface area contributed by atoms with Gasteiger partial charge >= 0.3 is 0 Å². The Morgan fingerprint density at radius 3 is 2.65 bits per heavy atom. The highest BCUT2D eigenvalue weighted by molar-refractivity contribution is 5.79. The molecular formula is C18H28FN3O. The lowest BCUT2D eigenvalue weighted by molar-refractivity contribution is 0.212. The molecule has 0 aliphatic heterocycles. The van der Waals surface area contributed by atoms with Crippen molar-refractivity contribution in [3.8, 4) is 0 Å². The number of aliphatic hydroxyl groups is 1. The summed E-state index contributed by atoms with van der Waals surface area (Å²) in [6.07, 6.45) is 2.12. The summed E-state index contributed by atoms with van der Waals surface area (Å²) in [6, 6.07) is 6.70. The first-order chi connectivity index (χ1) is 10.9. The van der Waals surface area contributed by atoms with Crippen molar-refractivity contribution < 1.29 is 9.50 Å². The Kier molecular flexibility index (Phi) is 5.63. The average Bonchev–Trinajstić information content (AvgIpc) is 3.31. The Morgan fingerprint density at radius 2 is 2.09 bits per heavy atom. The second-order valence-electron chi connectivity index (χ2n) is 7.10. The molecule has 0 atom stereocenters. The van der Waals surface area contributed by atoms with Crippen LogP contribution in [-0.2, 0) is 5.41 Å². The van der Waals surface area contributed by atoms with E-state index in [1.54, 1.807) is 12.1 Å². The SMILES string of the molecule is CCNC(=NCC(C)(C)c1cccc(F)c1)NCC1(CO)CC1. The van der Waals surface area contributed by atoms with E-state index in [0.717, 1.165) is 37.5 Å². The minimum absolute atomic E-state index is 0.0360. The molecule has 0 aromatic heterocycles. The molecular weight excluding hydrogens is 293 g/mol. The summed E-state index contributed by atoms with van der Waals surface area (Å²) < 4.78 is 13.4. The molecule has 1 fully saturated rings. The van der Waals surface area contributed by atoms with Crippen molar-refractivity contribution in [1.82, 2.24) is 10.6 Å². The largest absolute Gasteiger partial charge is 0.396 e. The smallest absolute Gasteiger partial charge is 0.191 e. The maximum Gasteiger partial charge on any atom is 0.191 e. The van der Waals surface area contributed by atoms with Crippen LogP contribution in [0.25, 0.3) is 0 Å². The zero-order valence-corrected chi connectivity index (χ0v) is 14.3. The molecule has 0 heterocycles. The molecule has 1 aliphatic rings. The molecule has 2 rings (SSSR count). The lowest BCUT2D eigenvalue weighted by atomic mass is 9.85. The Labute approximate surface area is 138 Å². The summed E-state index contributed by atoms with van der Waals surface area (Å²) in [4.78, 5) is 4.65. The quantitative estimate of drug-likeness (QED) is 0.534. The van der Waals surface area contributed by atoms with Gasteiger partial charge in [0.25, 0.3) is 0 Å². The van der Waals surface area contributed by atoms with E-state index in [4.69, 9.17) is 0 Å². The molecule has 128 valence electrons. The summed E-state index contributed by atoms with van der Waals surface area (Å²) in [7, 11) is 0. The number of aliphatic imine (C=N–C) groups is 1. The summed E-state index contributed by atoms with van der Waals surface area (Å²) in [5.41, 5.74) is 0.721. The van der Waals surface area contributed by atoms with Gasteiger partial charge in [0.05, 0.1) is 13.2 Å². The van der Waals surface area contributed by atoms with Crippen LogP contribution in [0.1, 0.15) is 39.2 Å². The lowest BCUT2D eigenvalue weighted by Gasteiger charge is -2.24. The van der Waals surface area contributed by atoms with Crippen molar-refractivity contribution >= 4 is 5.96 Å². The fourth-order valence-corrected chi connectivity index (χ4v) is 2.46. The molecule has 1 aromatic rings. The number of nitrogens with one attached hydrogen (secondary N) is 2. The van der Waals surface area contributed by atoms with Crippen LogP contribution in [0.3, 0.4) is 0 Å². The van der Waals surface area contributed by atoms with Crippen LogP contribution in [0.4, 0.5) is 4.39 Å². The number of hydrogen-bond acceptors (Lipinski definition) is 2. The summed E-state index contributed by atoms with van der Waals surface area (Å²) >= 11 is 0. The van der Waals surface area contributed by atoms with Gasteiger partial charge in [0.2, 0.25) is 0 Å². The van der Waals surface area contributed by atoms with Gasteiger partial charge in [-0.15, -0.1) is 0 Å². The van der Waals surface area contributed by atoms with Crippen molar-refractivity contribution in [2.75, 3.05) is 26.2 Å². The molecule has 0 unspecified atom stereocenters. The first-order valence-corrected chi connectivity index (χ1v) is 8.30. The number of guanidine groups is 1. The zero-order valence-electron chi connectivity index (χ0n) is 14.3. The standard InChI is InChI=1S/C18H28FN3O/c1-4-20-16(22-12-18(13-23)8-9-18)21-11-17(2,3)14-6-5-7-15(19)10-14/h5-7,10,23H,4,8-9,11-13H2,1-3H3,(H2,20,21,22). The van der Waals surface area contributed by atoms with Gasteiger partial charge in [0, 0.05) is 23.9 Å². The van der Waals surface area contributed by atoms with Gasteiger partial charge in [-0.2, -0.15) is 0 Å². The number of hydrogen-bond donors (Lipinski definition) is 3. The van der Waals surface area contributed by atoms with Crippen LogP contribution in [0.15, 0.2) is 29.3 Å². The fourth-order valence-electron chi connectivity index (χ4n) is 2.46. The van der Waals surface area contributed by atoms with E-state index in [9.17, 15) is 9.50 Å². The average molecular weight is 321 g/mol. The topological polar surface area (TPSA) is 56.7 Å². The predicted molar refractivity (Wildman–Crippen MR) is 92.2 cm³/mol. The van der Waals surface area contributed by atoms with Crippen molar-refractivity contribution in [3.05, 3.63) is 35.6 Å². The first kappa shape index (κ1) is 17.7. The molecule has 0 radical (unpaired) electrons. The monoisotopic (exact) mass is 321 g/mol. The minimum atomic E-state index is -0.251. The van der Waals surface area contributed by atoms with Crippen molar-refractivity contribution in [1.29, 1.82) is 0 Å². The molecule has 4 nitrogen and oxygen atoms in total. The normalized spacial score (nSPS) is 17.0. The molecule has 0 saturated heterocycles. The van der Waals surface area contributed by atoms with Gasteiger partial charge in [-0.3, -0.25) is 4.99 Å². The number of aliphatic hydroxyl groups excluding tert-OH is 1. The Morgan fingerprint density at radius 1 is 1.35 bits per heavy atom. The van der Waals surface area contributed by atoms with Gasteiger partial charge < -0.3 is 15.7 Å². The summed E-state index contributed by atoms with van der Waals surface area (Å²) in [5, 5.41) is 15.9. The maximum absolute atomic E-state index is 13.4. The van der Waals surface area contributed by atoms with Gasteiger partial charge in [-0.05, 0) is 37.5 Å². The van der Waals surface area contributed by atoms with Crippen LogP contribution in [0.2, 0.25) is 0 Å². The minimum Gasteiger partial charge on any atom is -0.396 e. The van der Waals surface area contributed by atoms with Crippen molar-refractivity contribution in [2.24, 2.45) is 10.4 Å². The number of rotatable bonds is 7. The van der Waals surface area contributed by atoms with Crippen LogP contribution < -0.4 is 10.6 Å². The summed E-state index contributed by atoms with van der Waals surface area (Å²) in [6.45, 7) is 8.42. The second kappa shape index (κ2) is 7.30. The molecule has 0 spiro atoms. The highest BCUT2D eigenvalue weighted by Crippen LogP contribution is 2.44. The van der Waals surface area contributed by atoms with E-state index in [1.165, 1.54) is 6.07 Å². The van der Waals surface area contributed by atoms with Crippen molar-refractivity contribution in [2.45, 2.75) is 39.0 Å². The van der Waals surface area contributed by atoms with Crippen LogP contribution in [0, 0.1) is 11.2 Å². The highest BCUT2D eigenvalue weighted by atomic mass is 19.1. The lowest BCUT2D eigenvalue weighted by Crippen LogP contribution is -2.41. The van der Waals surface area contributed by atoms with Crippen molar-refractivity contribution in [3.63, 3.8) is 0 Å². The Hall–Kier alpha value is -1.62. The maximum atomic E-state index is 13.4. The summed E-state index contributed by atoms with van der Waals surface area (Å²) in [5.74, 6) is 0.528. The van der Waals surface area contributed by atoms with Crippen LogP contribution >= 0.6 is 0 Å². The molecule has 1 aliphatic carbocycles. The van der Waals surface area contributed by atoms with E-state index in [0.29, 0.717) is 6.54 Å². The van der Waals surface area contributed by atoms with Crippen LogP contribution in [-0.4, -0.2) is 37.3 Å². The van der Waals surface area contributed by atoms with E-state index in [-0.39, 0.29) is 23.3 Å². The Bertz CT molecular complexity index is 553. The molecule has 3 N–H and O–H groups in total. The molecule has 5 heteroatoms. The third-order valence-corrected chi connectivity index (χ3v) is 4.51. The molecule has 1 aromatic carbocycles. The van der Waals surface area contributed by atoms with E-state index in [1.807, 2.05) is 13.0 Å². The van der Waals surface area contributed by atoms with Gasteiger partial charge in [-0.1, -0.05) is 26.0 Å². The Balaban J connectivity index is 2.00. The molecule has 1 saturated carbocycles. The molecule has 23 heavy (non-hydrogen) atoms. The van der Waals surface area contributed by atoms with Gasteiger partial charge in [0.15, 0.2) is 5.96 Å². The number of halogens is 1. The number of nitrogens with zero attached hydrogens (tertiary/aromatic N) is 1. The van der Waals surface area contributed by atoms with Gasteiger partial charge in [-0.25, -0.2) is 4.39 Å². The number of benzene rings is 1. The van der Waals surface area contributed by atoms with Crippen LogP contribution in [0.5, 0.6) is 0 Å². The highest BCUT2D eigenvalue weighted by Gasteiger charge is 2.41. The second-order valence-corrected chi connectivity index (χ2v) is 7.10. The van der Waals surface area contributed by atoms with E-state index >= 15 is 0 Å². The third-order valence-electron chi connectivity index (χ3n) is 4.51. The van der Waals surface area contributed by atoms with E-state index in [2.05, 4.69) is 29.5 Å².